The van der Waals surface area contributed by atoms with E-state index in [1.807, 2.05) is 0 Å². The first-order chi connectivity index (χ1) is 16.3. The fourth-order valence-electron chi connectivity index (χ4n) is 3.43. The fraction of sp³-hybridized carbons (Fsp3) is 0.375. The van der Waals surface area contributed by atoms with Crippen LogP contribution < -0.4 is 9.47 Å². The molecular weight excluding hydrogens is 451 g/mol. The van der Waals surface area contributed by atoms with Gasteiger partial charge in [0.1, 0.15) is 17.2 Å². The number of rotatable bonds is 9. The highest BCUT2D eigenvalue weighted by atomic mass is 19.4. The van der Waals surface area contributed by atoms with Gasteiger partial charge in [0.2, 0.25) is 0 Å². The summed E-state index contributed by atoms with van der Waals surface area (Å²) in [6.07, 6.45) is -2.61. The maximum absolute atomic E-state index is 13.7. The van der Waals surface area contributed by atoms with Crippen LogP contribution in [-0.4, -0.2) is 41.3 Å². The van der Waals surface area contributed by atoms with Crippen LogP contribution in [0.1, 0.15) is 41.4 Å². The largest absolute Gasteiger partial charge is 0.497 e. The molecule has 1 fully saturated rings. The number of halogens is 3. The van der Waals surface area contributed by atoms with Gasteiger partial charge in [-0.05, 0) is 61.6 Å². The SMILES string of the molecule is CCOC(=O)c1nnn(Cc2ccc(OC)cc2)c1-c1cc(OCC2CC2)cc(C(F)(F)F)c1. The standard InChI is InChI=1S/C24H24F3N3O4/c1-3-33-23(31)21-22(30(29-28-21)13-15-6-8-19(32-2)9-7-15)17-10-18(24(25,26)27)12-20(11-17)34-14-16-4-5-16/h6-12,16H,3-5,13-14H2,1-2H3. The number of hydrogen-bond donors (Lipinski definition) is 0. The summed E-state index contributed by atoms with van der Waals surface area (Å²) in [5, 5.41) is 7.99. The van der Waals surface area contributed by atoms with E-state index in [1.165, 1.54) is 10.7 Å². The maximum Gasteiger partial charge on any atom is 0.416 e. The zero-order chi connectivity index (χ0) is 24.3. The highest BCUT2D eigenvalue weighted by Gasteiger charge is 2.33. The molecule has 1 aliphatic carbocycles. The first-order valence-electron chi connectivity index (χ1n) is 10.9. The first kappa shape index (κ1) is 23.6. The number of methoxy groups -OCH3 is 1. The Hall–Kier alpha value is -3.56. The molecule has 180 valence electrons. The van der Waals surface area contributed by atoms with Crippen LogP contribution in [0, 0.1) is 5.92 Å². The molecule has 0 radical (unpaired) electrons. The summed E-state index contributed by atoms with van der Waals surface area (Å²) >= 11 is 0. The van der Waals surface area contributed by atoms with Crippen LogP contribution in [0.25, 0.3) is 11.3 Å². The minimum Gasteiger partial charge on any atom is -0.497 e. The van der Waals surface area contributed by atoms with E-state index in [0.717, 1.165) is 30.5 Å². The second kappa shape index (κ2) is 9.74. The van der Waals surface area contributed by atoms with Crippen molar-refractivity contribution in [2.75, 3.05) is 20.3 Å². The predicted octanol–water partition coefficient (Wildman–Crippen LogP) is 4.99. The van der Waals surface area contributed by atoms with Gasteiger partial charge in [-0.25, -0.2) is 9.48 Å². The molecule has 2 aromatic carbocycles. The molecule has 0 saturated heterocycles. The Morgan fingerprint density at radius 1 is 1.12 bits per heavy atom. The normalized spacial score (nSPS) is 13.6. The summed E-state index contributed by atoms with van der Waals surface area (Å²) in [4.78, 5) is 12.6. The second-order valence-corrected chi connectivity index (χ2v) is 8.01. The topological polar surface area (TPSA) is 75.5 Å². The van der Waals surface area contributed by atoms with E-state index in [0.29, 0.717) is 18.3 Å². The molecule has 0 aliphatic heterocycles. The van der Waals surface area contributed by atoms with Crippen molar-refractivity contribution in [3.05, 3.63) is 59.3 Å². The molecule has 3 aromatic rings. The van der Waals surface area contributed by atoms with Crippen molar-refractivity contribution in [1.29, 1.82) is 0 Å². The van der Waals surface area contributed by atoms with Crippen LogP contribution >= 0.6 is 0 Å². The Kier molecular flexibility index (Phi) is 6.76. The number of esters is 1. The number of carbonyl (C=O) groups excluding carboxylic acids is 1. The Balaban J connectivity index is 1.78. The molecule has 1 aromatic heterocycles. The van der Waals surface area contributed by atoms with Crippen molar-refractivity contribution < 1.29 is 32.2 Å². The van der Waals surface area contributed by atoms with Crippen LogP contribution in [0.3, 0.4) is 0 Å². The van der Waals surface area contributed by atoms with E-state index in [9.17, 15) is 18.0 Å². The molecule has 0 N–H and O–H groups in total. The number of nitrogens with zero attached hydrogens (tertiary/aromatic N) is 3. The van der Waals surface area contributed by atoms with Crippen molar-refractivity contribution in [1.82, 2.24) is 15.0 Å². The lowest BCUT2D eigenvalue weighted by atomic mass is 10.0. The van der Waals surface area contributed by atoms with E-state index >= 15 is 0 Å². The van der Waals surface area contributed by atoms with E-state index in [1.54, 1.807) is 38.3 Å². The molecule has 10 heteroatoms. The summed E-state index contributed by atoms with van der Waals surface area (Å²) in [5.74, 6) is 0.320. The summed E-state index contributed by atoms with van der Waals surface area (Å²) in [5.41, 5.74) is -0.0241. The highest BCUT2D eigenvalue weighted by molar-refractivity contribution is 5.94. The van der Waals surface area contributed by atoms with Gasteiger partial charge in [-0.2, -0.15) is 13.2 Å². The second-order valence-electron chi connectivity index (χ2n) is 8.01. The van der Waals surface area contributed by atoms with Crippen LogP contribution in [-0.2, 0) is 17.5 Å². The van der Waals surface area contributed by atoms with Gasteiger partial charge in [0.15, 0.2) is 5.69 Å². The number of benzene rings is 2. The molecule has 7 nitrogen and oxygen atoms in total. The summed E-state index contributed by atoms with van der Waals surface area (Å²) < 4.78 is 58.4. The lowest BCUT2D eigenvalue weighted by molar-refractivity contribution is -0.137. The number of ether oxygens (including phenoxy) is 3. The number of hydrogen-bond acceptors (Lipinski definition) is 6. The monoisotopic (exact) mass is 475 g/mol. The quantitative estimate of drug-likeness (QED) is 0.406. The molecule has 1 aliphatic rings. The Morgan fingerprint density at radius 2 is 1.85 bits per heavy atom. The van der Waals surface area contributed by atoms with Gasteiger partial charge in [0, 0.05) is 5.56 Å². The van der Waals surface area contributed by atoms with Gasteiger partial charge in [0.05, 0.1) is 32.4 Å². The number of aromatic nitrogens is 3. The molecule has 0 amide bonds. The van der Waals surface area contributed by atoms with Crippen molar-refractivity contribution >= 4 is 5.97 Å². The van der Waals surface area contributed by atoms with Crippen LogP contribution in [0.4, 0.5) is 13.2 Å². The van der Waals surface area contributed by atoms with Gasteiger partial charge in [-0.1, -0.05) is 17.3 Å². The van der Waals surface area contributed by atoms with Gasteiger partial charge in [-0.3, -0.25) is 0 Å². The first-order valence-corrected chi connectivity index (χ1v) is 10.9. The van der Waals surface area contributed by atoms with Crippen molar-refractivity contribution in [3.8, 4) is 22.8 Å². The van der Waals surface area contributed by atoms with Crippen LogP contribution in [0.2, 0.25) is 0 Å². The van der Waals surface area contributed by atoms with Crippen LogP contribution in [0.15, 0.2) is 42.5 Å². The molecule has 0 spiro atoms. The lowest BCUT2D eigenvalue weighted by Crippen LogP contribution is -2.11. The predicted molar refractivity (Wildman–Crippen MR) is 117 cm³/mol. The third-order valence-electron chi connectivity index (χ3n) is 5.39. The molecule has 1 heterocycles. The molecule has 0 bridgehead atoms. The van der Waals surface area contributed by atoms with Crippen molar-refractivity contribution in [2.45, 2.75) is 32.5 Å². The van der Waals surface area contributed by atoms with Gasteiger partial charge < -0.3 is 14.2 Å². The van der Waals surface area contributed by atoms with E-state index < -0.39 is 17.7 Å². The highest BCUT2D eigenvalue weighted by Crippen LogP contribution is 2.37. The number of carbonyl (C=O) groups is 1. The average Bonchev–Trinajstić information content (AvgIpc) is 3.55. The number of alkyl halides is 3. The third kappa shape index (κ3) is 5.49. The Labute approximate surface area is 194 Å². The zero-order valence-corrected chi connectivity index (χ0v) is 18.8. The summed E-state index contributed by atoms with van der Waals surface area (Å²) in [6.45, 7) is 2.23. The van der Waals surface area contributed by atoms with Gasteiger partial charge in [-0.15, -0.1) is 5.10 Å². The Bertz CT molecular complexity index is 1160. The van der Waals surface area contributed by atoms with E-state index in [-0.39, 0.29) is 35.9 Å². The smallest absolute Gasteiger partial charge is 0.416 e. The van der Waals surface area contributed by atoms with E-state index in [2.05, 4.69) is 10.3 Å². The average molecular weight is 475 g/mol. The van der Waals surface area contributed by atoms with Crippen LogP contribution in [0.5, 0.6) is 11.5 Å². The molecule has 0 unspecified atom stereocenters. The minimum atomic E-state index is -4.61. The van der Waals surface area contributed by atoms with Gasteiger partial charge in [0.25, 0.3) is 0 Å². The minimum absolute atomic E-state index is 0.0729. The third-order valence-corrected chi connectivity index (χ3v) is 5.39. The molecule has 0 atom stereocenters. The van der Waals surface area contributed by atoms with E-state index in [4.69, 9.17) is 14.2 Å². The van der Waals surface area contributed by atoms with Crippen molar-refractivity contribution in [3.63, 3.8) is 0 Å². The maximum atomic E-state index is 13.7. The molecular formula is C24H24F3N3O4. The van der Waals surface area contributed by atoms with Gasteiger partial charge >= 0.3 is 12.1 Å². The van der Waals surface area contributed by atoms with Crippen molar-refractivity contribution in [2.24, 2.45) is 5.92 Å². The molecule has 1 saturated carbocycles. The lowest BCUT2D eigenvalue weighted by Gasteiger charge is -2.15. The summed E-state index contributed by atoms with van der Waals surface area (Å²) in [7, 11) is 1.55. The molecule has 4 rings (SSSR count). The summed E-state index contributed by atoms with van der Waals surface area (Å²) in [6, 6.07) is 10.5. The fourth-order valence-corrected chi connectivity index (χ4v) is 3.43. The zero-order valence-electron chi connectivity index (χ0n) is 18.8. The Morgan fingerprint density at radius 3 is 2.47 bits per heavy atom. The molecule has 34 heavy (non-hydrogen) atoms.